The van der Waals surface area contributed by atoms with E-state index < -0.39 is 0 Å². The molecule has 0 aliphatic heterocycles. The van der Waals surface area contributed by atoms with Crippen LogP contribution in [0.15, 0.2) is 29.5 Å². The summed E-state index contributed by atoms with van der Waals surface area (Å²) in [5.74, 6) is -0.264. The van der Waals surface area contributed by atoms with Gasteiger partial charge in [0.25, 0.3) is 0 Å². The van der Waals surface area contributed by atoms with Crippen molar-refractivity contribution in [1.82, 2.24) is 4.98 Å². The average molecular weight is 206 g/mol. The second-order valence-corrected chi connectivity index (χ2v) is 3.00. The van der Waals surface area contributed by atoms with E-state index in [0.29, 0.717) is 0 Å². The van der Waals surface area contributed by atoms with Gasteiger partial charge < -0.3 is 4.74 Å². The van der Waals surface area contributed by atoms with E-state index in [-0.39, 0.29) is 12.4 Å². The van der Waals surface area contributed by atoms with Gasteiger partial charge in [0.1, 0.15) is 0 Å². The first-order valence-electron chi connectivity index (χ1n) is 4.79. The minimum absolute atomic E-state index is 0.238. The molecule has 1 aromatic rings. The lowest BCUT2D eigenvalue weighted by atomic mass is 10.2. The number of aliphatic imine (C=N–C) groups is 1. The number of aromatic nitrogens is 1. The van der Waals surface area contributed by atoms with Crippen LogP contribution in [-0.2, 0) is 9.53 Å². The number of hydrogen-bond acceptors (Lipinski definition) is 4. The molecular weight excluding hydrogens is 192 g/mol. The van der Waals surface area contributed by atoms with Crippen molar-refractivity contribution in [1.29, 1.82) is 0 Å². The van der Waals surface area contributed by atoms with Gasteiger partial charge in [0.05, 0.1) is 25.4 Å². The second kappa shape index (κ2) is 5.90. The SMILES string of the molecule is CCC(CC(=O)OC)=Nc1cccnc1. The monoisotopic (exact) mass is 206 g/mol. The van der Waals surface area contributed by atoms with Crippen LogP contribution in [0.1, 0.15) is 19.8 Å². The number of carbonyl (C=O) groups is 1. The first kappa shape index (κ1) is 11.4. The highest BCUT2D eigenvalue weighted by Crippen LogP contribution is 2.10. The van der Waals surface area contributed by atoms with E-state index >= 15 is 0 Å². The Morgan fingerprint density at radius 1 is 1.60 bits per heavy atom. The second-order valence-electron chi connectivity index (χ2n) is 3.00. The third kappa shape index (κ3) is 3.89. The molecule has 0 amide bonds. The summed E-state index contributed by atoms with van der Waals surface area (Å²) in [5.41, 5.74) is 1.56. The molecule has 15 heavy (non-hydrogen) atoms. The summed E-state index contributed by atoms with van der Waals surface area (Å²) < 4.78 is 4.58. The molecule has 0 saturated heterocycles. The van der Waals surface area contributed by atoms with Crippen molar-refractivity contribution < 1.29 is 9.53 Å². The molecule has 80 valence electrons. The predicted molar refractivity (Wildman–Crippen MR) is 58.3 cm³/mol. The smallest absolute Gasteiger partial charge is 0.311 e. The van der Waals surface area contributed by atoms with E-state index in [1.54, 1.807) is 12.4 Å². The highest BCUT2D eigenvalue weighted by Gasteiger charge is 2.05. The summed E-state index contributed by atoms with van der Waals surface area (Å²) in [6, 6.07) is 3.66. The molecule has 0 bridgehead atoms. The maximum absolute atomic E-state index is 11.1. The number of methoxy groups -OCH3 is 1. The lowest BCUT2D eigenvalue weighted by molar-refractivity contribution is -0.139. The van der Waals surface area contributed by atoms with Gasteiger partial charge in [-0.05, 0) is 18.6 Å². The maximum Gasteiger partial charge on any atom is 0.311 e. The summed E-state index contributed by atoms with van der Waals surface area (Å²) in [4.78, 5) is 19.3. The Morgan fingerprint density at radius 3 is 2.93 bits per heavy atom. The van der Waals surface area contributed by atoms with Crippen LogP contribution >= 0.6 is 0 Å². The Bertz CT molecular complexity index is 347. The molecule has 0 unspecified atom stereocenters. The van der Waals surface area contributed by atoms with Gasteiger partial charge in [-0.15, -0.1) is 0 Å². The third-order valence-corrected chi connectivity index (χ3v) is 1.92. The molecular formula is C11H14N2O2. The van der Waals surface area contributed by atoms with E-state index in [9.17, 15) is 4.79 Å². The van der Waals surface area contributed by atoms with Gasteiger partial charge in [-0.1, -0.05) is 6.92 Å². The minimum atomic E-state index is -0.264. The van der Waals surface area contributed by atoms with E-state index in [2.05, 4.69) is 14.7 Å². The molecule has 0 N–H and O–H groups in total. The van der Waals surface area contributed by atoms with Crippen LogP contribution in [0.3, 0.4) is 0 Å². The van der Waals surface area contributed by atoms with Crippen LogP contribution in [0.4, 0.5) is 5.69 Å². The minimum Gasteiger partial charge on any atom is -0.469 e. The molecule has 4 nitrogen and oxygen atoms in total. The zero-order chi connectivity index (χ0) is 11.1. The molecule has 0 radical (unpaired) electrons. The number of hydrogen-bond donors (Lipinski definition) is 0. The van der Waals surface area contributed by atoms with Crippen LogP contribution in [0, 0.1) is 0 Å². The largest absolute Gasteiger partial charge is 0.469 e. The number of ether oxygens (including phenoxy) is 1. The first-order valence-corrected chi connectivity index (χ1v) is 4.79. The lowest BCUT2D eigenvalue weighted by Gasteiger charge is -2.02. The molecule has 0 saturated carbocycles. The zero-order valence-corrected chi connectivity index (χ0v) is 8.93. The van der Waals surface area contributed by atoms with Crippen LogP contribution in [-0.4, -0.2) is 23.8 Å². The van der Waals surface area contributed by atoms with Crippen LogP contribution < -0.4 is 0 Å². The van der Waals surface area contributed by atoms with Gasteiger partial charge in [0.2, 0.25) is 0 Å². The van der Waals surface area contributed by atoms with Crippen LogP contribution in [0.2, 0.25) is 0 Å². The molecule has 1 aromatic heterocycles. The molecule has 1 heterocycles. The van der Waals surface area contributed by atoms with Crippen molar-refractivity contribution in [3.05, 3.63) is 24.5 Å². The van der Waals surface area contributed by atoms with Crippen molar-refractivity contribution in [2.45, 2.75) is 19.8 Å². The van der Waals surface area contributed by atoms with Crippen molar-refractivity contribution in [3.8, 4) is 0 Å². The highest BCUT2D eigenvalue weighted by molar-refractivity contribution is 5.99. The molecule has 0 aliphatic carbocycles. The van der Waals surface area contributed by atoms with Gasteiger partial charge in [0, 0.05) is 11.9 Å². The zero-order valence-electron chi connectivity index (χ0n) is 8.93. The van der Waals surface area contributed by atoms with E-state index in [0.717, 1.165) is 17.8 Å². The van der Waals surface area contributed by atoms with Crippen molar-refractivity contribution in [3.63, 3.8) is 0 Å². The van der Waals surface area contributed by atoms with Gasteiger partial charge in [-0.25, -0.2) is 0 Å². The number of esters is 1. The Hall–Kier alpha value is -1.71. The number of carbonyl (C=O) groups excluding carboxylic acids is 1. The molecule has 4 heteroatoms. The van der Waals surface area contributed by atoms with Crippen LogP contribution in [0.25, 0.3) is 0 Å². The highest BCUT2D eigenvalue weighted by atomic mass is 16.5. The normalized spacial score (nSPS) is 11.2. The predicted octanol–water partition coefficient (Wildman–Crippen LogP) is 2.13. The molecule has 0 aromatic carbocycles. The van der Waals surface area contributed by atoms with Crippen molar-refractivity contribution >= 4 is 17.4 Å². The summed E-state index contributed by atoms with van der Waals surface area (Å²) in [7, 11) is 1.37. The fraction of sp³-hybridized carbons (Fsp3) is 0.364. The van der Waals surface area contributed by atoms with E-state index in [4.69, 9.17) is 0 Å². The van der Waals surface area contributed by atoms with Gasteiger partial charge >= 0.3 is 5.97 Å². The van der Waals surface area contributed by atoms with Crippen LogP contribution in [0.5, 0.6) is 0 Å². The van der Waals surface area contributed by atoms with Gasteiger partial charge in [-0.3, -0.25) is 14.8 Å². The summed E-state index contributed by atoms with van der Waals surface area (Å²) in [6.45, 7) is 1.96. The molecule has 0 spiro atoms. The van der Waals surface area contributed by atoms with E-state index in [1.807, 2.05) is 19.1 Å². The standard InChI is InChI=1S/C11H14N2O2/c1-3-9(7-11(14)15-2)13-10-5-4-6-12-8-10/h4-6,8H,3,7H2,1-2H3. The summed E-state index contributed by atoms with van der Waals surface area (Å²) in [5, 5.41) is 0. The third-order valence-electron chi connectivity index (χ3n) is 1.92. The van der Waals surface area contributed by atoms with Crippen molar-refractivity contribution in [2.24, 2.45) is 4.99 Å². The topological polar surface area (TPSA) is 51.5 Å². The summed E-state index contributed by atoms with van der Waals surface area (Å²) >= 11 is 0. The number of nitrogens with zero attached hydrogens (tertiary/aromatic N) is 2. The first-order chi connectivity index (χ1) is 7.26. The fourth-order valence-corrected chi connectivity index (χ4v) is 1.08. The van der Waals surface area contributed by atoms with Crippen molar-refractivity contribution in [2.75, 3.05) is 7.11 Å². The van der Waals surface area contributed by atoms with Gasteiger partial charge in [-0.2, -0.15) is 0 Å². The Balaban J connectivity index is 2.74. The molecule has 1 rings (SSSR count). The number of pyridine rings is 1. The van der Waals surface area contributed by atoms with E-state index in [1.165, 1.54) is 7.11 Å². The lowest BCUT2D eigenvalue weighted by Crippen LogP contribution is -2.08. The molecule has 0 aliphatic rings. The number of rotatable bonds is 4. The maximum atomic E-state index is 11.1. The Kier molecular flexibility index (Phi) is 4.47. The quantitative estimate of drug-likeness (QED) is 0.560. The fourth-order valence-electron chi connectivity index (χ4n) is 1.08. The Labute approximate surface area is 89.0 Å². The summed E-state index contributed by atoms with van der Waals surface area (Å²) in [6.07, 6.45) is 4.31. The average Bonchev–Trinajstić information content (AvgIpc) is 2.29. The molecule has 0 fully saturated rings. The molecule has 0 atom stereocenters. The van der Waals surface area contributed by atoms with Gasteiger partial charge in [0.15, 0.2) is 0 Å². The Morgan fingerprint density at radius 2 is 2.40 bits per heavy atom.